The summed E-state index contributed by atoms with van der Waals surface area (Å²) in [6.07, 6.45) is 0.891. The summed E-state index contributed by atoms with van der Waals surface area (Å²) in [4.78, 5) is 14.6. The zero-order chi connectivity index (χ0) is 19.1. The molecular weight excluding hydrogens is 457 g/mol. The van der Waals surface area contributed by atoms with Gasteiger partial charge in [0.1, 0.15) is 5.75 Å². The molecule has 0 saturated heterocycles. The van der Waals surface area contributed by atoms with E-state index < -0.39 is 0 Å². The molecule has 1 amide bonds. The minimum absolute atomic E-state index is 0.0623. The molecule has 0 aliphatic carbocycles. The second-order valence-electron chi connectivity index (χ2n) is 6.67. The van der Waals surface area contributed by atoms with Gasteiger partial charge in [-0.1, -0.05) is 12.1 Å². The lowest BCUT2D eigenvalue weighted by Gasteiger charge is -2.31. The Morgan fingerprint density at radius 1 is 1.26 bits per heavy atom. The first-order chi connectivity index (χ1) is 13.1. The molecule has 0 unspecified atom stereocenters. The molecule has 0 bridgehead atoms. The van der Waals surface area contributed by atoms with Gasteiger partial charge < -0.3 is 15.3 Å². The lowest BCUT2D eigenvalue weighted by atomic mass is 9.86. The fraction of sp³-hybridized carbons (Fsp3) is 0.300. The Balaban J connectivity index is 2.01. The molecule has 2 heterocycles. The number of halogens is 1. The molecule has 2 aliphatic rings. The Labute approximate surface area is 171 Å². The SMILES string of the molecule is CCN1CCc2c(-c3cc(I)ccc3OC)cc3c(c2C1)NC(=O)/C3=N/O. The Kier molecular flexibility index (Phi) is 4.81. The number of carbonyl (C=O) groups is 1. The molecule has 2 N–H and O–H groups in total. The van der Waals surface area contributed by atoms with Crippen LogP contribution in [0.4, 0.5) is 5.69 Å². The second-order valence-corrected chi connectivity index (χ2v) is 7.92. The summed E-state index contributed by atoms with van der Waals surface area (Å²) in [5, 5.41) is 15.5. The van der Waals surface area contributed by atoms with Gasteiger partial charge in [-0.05, 0) is 76.5 Å². The molecule has 2 aromatic carbocycles. The summed E-state index contributed by atoms with van der Waals surface area (Å²) >= 11 is 2.29. The van der Waals surface area contributed by atoms with E-state index in [0.29, 0.717) is 5.56 Å². The molecule has 0 saturated carbocycles. The third-order valence-corrected chi connectivity index (χ3v) is 5.99. The van der Waals surface area contributed by atoms with E-state index in [1.54, 1.807) is 7.11 Å². The standard InChI is InChI=1S/C20H20IN3O3/c1-3-24-7-6-12-13(14-8-11(21)4-5-17(14)27-2)9-15-18(16(12)10-24)22-20(25)19(15)23-26/h4-5,8-9,26H,3,6-7,10H2,1-2H3,(H,22,23,25). The Morgan fingerprint density at radius 3 is 2.78 bits per heavy atom. The number of ether oxygens (including phenoxy) is 1. The first-order valence-electron chi connectivity index (χ1n) is 8.86. The van der Waals surface area contributed by atoms with Crippen molar-refractivity contribution in [2.24, 2.45) is 5.16 Å². The molecule has 0 fully saturated rings. The van der Waals surface area contributed by atoms with Crippen molar-refractivity contribution in [2.75, 3.05) is 25.5 Å². The summed E-state index contributed by atoms with van der Waals surface area (Å²) in [6.45, 7) is 4.81. The molecule has 4 rings (SSSR count). The number of nitrogens with one attached hydrogen (secondary N) is 1. The van der Waals surface area contributed by atoms with Crippen LogP contribution in [0.1, 0.15) is 23.6 Å². The summed E-state index contributed by atoms with van der Waals surface area (Å²) in [7, 11) is 1.66. The van der Waals surface area contributed by atoms with E-state index in [1.807, 2.05) is 18.2 Å². The molecule has 0 spiro atoms. The number of benzene rings is 2. The van der Waals surface area contributed by atoms with Crippen LogP contribution in [-0.4, -0.2) is 41.9 Å². The van der Waals surface area contributed by atoms with E-state index in [1.165, 1.54) is 5.56 Å². The number of hydrogen-bond acceptors (Lipinski definition) is 5. The van der Waals surface area contributed by atoms with Gasteiger partial charge in [-0.25, -0.2) is 0 Å². The summed E-state index contributed by atoms with van der Waals surface area (Å²) in [5.41, 5.74) is 5.83. The average Bonchev–Trinajstić information content (AvgIpc) is 3.02. The minimum Gasteiger partial charge on any atom is -0.496 e. The Hall–Kier alpha value is -2.13. The van der Waals surface area contributed by atoms with E-state index in [9.17, 15) is 10.0 Å². The highest BCUT2D eigenvalue weighted by molar-refractivity contribution is 14.1. The third kappa shape index (κ3) is 2.98. The van der Waals surface area contributed by atoms with Crippen LogP contribution in [0.3, 0.4) is 0 Å². The van der Waals surface area contributed by atoms with Crippen molar-refractivity contribution in [1.29, 1.82) is 0 Å². The maximum atomic E-state index is 12.3. The Bertz CT molecular complexity index is 971. The number of nitrogens with zero attached hydrogens (tertiary/aromatic N) is 2. The first kappa shape index (κ1) is 18.2. The third-order valence-electron chi connectivity index (χ3n) is 5.32. The number of hydrogen-bond donors (Lipinski definition) is 2. The van der Waals surface area contributed by atoms with Gasteiger partial charge in [-0.2, -0.15) is 0 Å². The van der Waals surface area contributed by atoms with Crippen LogP contribution < -0.4 is 10.1 Å². The maximum absolute atomic E-state index is 12.3. The highest BCUT2D eigenvalue weighted by Crippen LogP contribution is 2.43. The van der Waals surface area contributed by atoms with E-state index in [0.717, 1.165) is 57.8 Å². The van der Waals surface area contributed by atoms with Crippen LogP contribution in [0, 0.1) is 3.57 Å². The Morgan fingerprint density at radius 2 is 2.07 bits per heavy atom. The normalized spacial score (nSPS) is 17.6. The number of carbonyl (C=O) groups excluding carboxylic acids is 1. The molecule has 140 valence electrons. The summed E-state index contributed by atoms with van der Waals surface area (Å²) < 4.78 is 6.71. The van der Waals surface area contributed by atoms with Crippen LogP contribution >= 0.6 is 22.6 Å². The van der Waals surface area contributed by atoms with Crippen molar-refractivity contribution in [1.82, 2.24) is 4.90 Å². The van der Waals surface area contributed by atoms with Gasteiger partial charge in [0, 0.05) is 27.8 Å². The molecule has 0 atom stereocenters. The predicted molar refractivity (Wildman–Crippen MR) is 113 cm³/mol. The van der Waals surface area contributed by atoms with Crippen molar-refractivity contribution < 1.29 is 14.7 Å². The molecule has 0 radical (unpaired) electrons. The van der Waals surface area contributed by atoms with Crippen LogP contribution in [0.15, 0.2) is 29.4 Å². The molecule has 2 aromatic rings. The van der Waals surface area contributed by atoms with E-state index in [-0.39, 0.29) is 11.6 Å². The molecule has 7 heteroatoms. The molecule has 2 aliphatic heterocycles. The molecule has 27 heavy (non-hydrogen) atoms. The minimum atomic E-state index is -0.366. The fourth-order valence-electron chi connectivity index (χ4n) is 3.94. The summed E-state index contributed by atoms with van der Waals surface area (Å²) in [6, 6.07) is 8.01. The van der Waals surface area contributed by atoms with Crippen LogP contribution in [0.2, 0.25) is 0 Å². The maximum Gasteiger partial charge on any atom is 0.278 e. The van der Waals surface area contributed by atoms with E-state index >= 15 is 0 Å². The van der Waals surface area contributed by atoms with Gasteiger partial charge in [0.25, 0.3) is 5.91 Å². The van der Waals surface area contributed by atoms with Gasteiger partial charge in [0.05, 0.1) is 12.8 Å². The van der Waals surface area contributed by atoms with Gasteiger partial charge >= 0.3 is 0 Å². The molecular formula is C20H20IN3O3. The van der Waals surface area contributed by atoms with Crippen molar-refractivity contribution in [3.63, 3.8) is 0 Å². The number of fused-ring (bicyclic) bond motifs is 3. The number of anilines is 1. The quantitative estimate of drug-likeness (QED) is 0.404. The zero-order valence-electron chi connectivity index (χ0n) is 15.2. The van der Waals surface area contributed by atoms with Crippen LogP contribution in [-0.2, 0) is 17.8 Å². The number of oxime groups is 1. The van der Waals surface area contributed by atoms with Gasteiger partial charge in [0.2, 0.25) is 0 Å². The largest absolute Gasteiger partial charge is 0.496 e. The zero-order valence-corrected chi connectivity index (χ0v) is 17.3. The number of amides is 1. The highest BCUT2D eigenvalue weighted by Gasteiger charge is 2.34. The van der Waals surface area contributed by atoms with Crippen LogP contribution in [0.5, 0.6) is 5.75 Å². The predicted octanol–water partition coefficient (Wildman–Crippen LogP) is 3.48. The van der Waals surface area contributed by atoms with E-state index in [4.69, 9.17) is 4.74 Å². The van der Waals surface area contributed by atoms with Gasteiger partial charge in [-0.3, -0.25) is 9.69 Å². The van der Waals surface area contributed by atoms with Crippen LogP contribution in [0.25, 0.3) is 11.1 Å². The highest BCUT2D eigenvalue weighted by atomic mass is 127. The van der Waals surface area contributed by atoms with Crippen molar-refractivity contribution in [3.8, 4) is 16.9 Å². The van der Waals surface area contributed by atoms with Crippen molar-refractivity contribution >= 4 is 39.9 Å². The summed E-state index contributed by atoms with van der Waals surface area (Å²) in [5.74, 6) is 0.422. The lowest BCUT2D eigenvalue weighted by Crippen LogP contribution is -2.31. The molecule has 0 aromatic heterocycles. The van der Waals surface area contributed by atoms with E-state index in [2.05, 4.69) is 51.0 Å². The van der Waals surface area contributed by atoms with Gasteiger partial charge in [-0.15, -0.1) is 0 Å². The van der Waals surface area contributed by atoms with Gasteiger partial charge in [0.15, 0.2) is 5.71 Å². The van der Waals surface area contributed by atoms with Crippen molar-refractivity contribution in [2.45, 2.75) is 19.9 Å². The van der Waals surface area contributed by atoms with Crippen molar-refractivity contribution in [3.05, 3.63) is 44.5 Å². The molecule has 6 nitrogen and oxygen atoms in total. The number of rotatable bonds is 3. The average molecular weight is 477 g/mol. The second kappa shape index (κ2) is 7.12. The number of methoxy groups -OCH3 is 1. The first-order valence-corrected chi connectivity index (χ1v) is 9.94. The monoisotopic (exact) mass is 477 g/mol. The fourth-order valence-corrected chi connectivity index (χ4v) is 4.43. The number of likely N-dealkylation sites (N-methyl/N-ethyl adjacent to an activating group) is 1. The lowest BCUT2D eigenvalue weighted by molar-refractivity contribution is -0.110. The topological polar surface area (TPSA) is 74.2 Å². The smallest absolute Gasteiger partial charge is 0.278 e.